The van der Waals surface area contributed by atoms with E-state index in [1.807, 2.05) is 0 Å². The summed E-state index contributed by atoms with van der Waals surface area (Å²) in [7, 11) is 0. The van der Waals surface area contributed by atoms with Crippen molar-refractivity contribution in [2.75, 3.05) is 19.6 Å². The molecule has 8 heteroatoms. The number of aliphatic imine (C=N–C) groups is 1. The molecule has 1 heterocycles. The summed E-state index contributed by atoms with van der Waals surface area (Å²) in [5, 5.41) is 0. The fourth-order valence-electron chi connectivity index (χ4n) is 1.53. The van der Waals surface area contributed by atoms with Gasteiger partial charge >= 0.3 is 6.18 Å². The Bertz CT molecular complexity index is 227. The summed E-state index contributed by atoms with van der Waals surface area (Å²) in [6.07, 6.45) is -3.57. The fourth-order valence-corrected chi connectivity index (χ4v) is 1.53. The van der Waals surface area contributed by atoms with Crippen LogP contribution in [0.5, 0.6) is 0 Å². The summed E-state index contributed by atoms with van der Waals surface area (Å²) in [5.74, 6) is -0.0659. The third-order valence-corrected chi connectivity index (χ3v) is 1.98. The summed E-state index contributed by atoms with van der Waals surface area (Å²) in [4.78, 5) is 5.12. The molecule has 0 saturated carbocycles. The summed E-state index contributed by atoms with van der Waals surface area (Å²) in [6, 6.07) is -0.192. The second-order valence-corrected chi connectivity index (χ2v) is 3.35. The number of guanidine groups is 1. The lowest BCUT2D eigenvalue weighted by Crippen LogP contribution is -2.33. The first kappa shape index (κ1) is 14.8. The number of hydrogen-bond acceptors (Lipinski definition) is 2. The second-order valence-electron chi connectivity index (χ2n) is 3.35. The molecule has 1 saturated heterocycles. The molecule has 0 aromatic rings. The van der Waals surface area contributed by atoms with E-state index in [-0.39, 0.29) is 42.5 Å². The van der Waals surface area contributed by atoms with Gasteiger partial charge in [0, 0.05) is 13.1 Å². The zero-order valence-electron chi connectivity index (χ0n) is 8.00. The Morgan fingerprint density at radius 3 is 2.47 bits per heavy atom. The molecule has 0 aromatic carbocycles. The van der Waals surface area contributed by atoms with Gasteiger partial charge in [0.1, 0.15) is 0 Å². The second kappa shape index (κ2) is 5.73. The maximum Gasteiger partial charge on any atom is 0.401 e. The van der Waals surface area contributed by atoms with Crippen molar-refractivity contribution in [2.45, 2.75) is 18.6 Å². The largest absolute Gasteiger partial charge is 0.401 e. The number of halogens is 4. The van der Waals surface area contributed by atoms with Crippen molar-refractivity contribution in [3.63, 3.8) is 0 Å². The van der Waals surface area contributed by atoms with Crippen LogP contribution >= 0.6 is 24.0 Å². The monoisotopic (exact) mass is 338 g/mol. The number of hydrogen-bond donors (Lipinski definition) is 2. The van der Waals surface area contributed by atoms with E-state index >= 15 is 0 Å². The van der Waals surface area contributed by atoms with Crippen molar-refractivity contribution in [2.24, 2.45) is 16.5 Å². The molecule has 1 unspecified atom stereocenters. The molecule has 1 aliphatic rings. The van der Waals surface area contributed by atoms with Gasteiger partial charge in [-0.2, -0.15) is 13.2 Å². The van der Waals surface area contributed by atoms with E-state index in [0.717, 1.165) is 0 Å². The van der Waals surface area contributed by atoms with E-state index in [9.17, 15) is 13.2 Å². The molecule has 0 aromatic heterocycles. The lowest BCUT2D eigenvalue weighted by Gasteiger charge is -2.16. The molecule has 1 aliphatic heterocycles. The van der Waals surface area contributed by atoms with Gasteiger partial charge < -0.3 is 11.5 Å². The van der Waals surface area contributed by atoms with Gasteiger partial charge in [-0.1, -0.05) is 0 Å². The highest BCUT2D eigenvalue weighted by Crippen LogP contribution is 2.20. The van der Waals surface area contributed by atoms with Crippen molar-refractivity contribution in [1.82, 2.24) is 4.90 Å². The Balaban J connectivity index is 0.00000196. The zero-order valence-corrected chi connectivity index (χ0v) is 10.3. The molecule has 1 rings (SSSR count). The van der Waals surface area contributed by atoms with Crippen molar-refractivity contribution >= 4 is 29.9 Å². The summed E-state index contributed by atoms with van der Waals surface area (Å²) >= 11 is 0. The van der Waals surface area contributed by atoms with Crippen molar-refractivity contribution < 1.29 is 13.2 Å². The minimum Gasteiger partial charge on any atom is -0.370 e. The van der Waals surface area contributed by atoms with E-state index in [1.54, 1.807) is 0 Å². The van der Waals surface area contributed by atoms with Crippen LogP contribution in [0.4, 0.5) is 13.2 Å². The lowest BCUT2D eigenvalue weighted by molar-refractivity contribution is -0.143. The molecule has 0 spiro atoms. The van der Waals surface area contributed by atoms with Gasteiger partial charge in [0.2, 0.25) is 0 Å². The highest BCUT2D eigenvalue weighted by molar-refractivity contribution is 14.0. The number of likely N-dealkylation sites (tertiary alicyclic amines) is 1. The summed E-state index contributed by atoms with van der Waals surface area (Å²) in [5.41, 5.74) is 10.3. The predicted molar refractivity (Wildman–Crippen MR) is 62.1 cm³/mol. The molecule has 0 bridgehead atoms. The topological polar surface area (TPSA) is 67.6 Å². The lowest BCUT2D eigenvalue weighted by atomic mass is 10.3. The van der Waals surface area contributed by atoms with Crippen molar-refractivity contribution in [3.8, 4) is 0 Å². The minimum atomic E-state index is -4.15. The number of alkyl halides is 3. The first-order valence-corrected chi connectivity index (χ1v) is 4.24. The highest BCUT2D eigenvalue weighted by Gasteiger charge is 2.34. The van der Waals surface area contributed by atoms with Crippen LogP contribution in [0.25, 0.3) is 0 Å². The molecular weight excluding hydrogens is 324 g/mol. The molecule has 15 heavy (non-hydrogen) atoms. The molecule has 1 atom stereocenters. The normalized spacial score (nSPS) is 22.2. The molecule has 1 fully saturated rings. The third-order valence-electron chi connectivity index (χ3n) is 1.98. The van der Waals surface area contributed by atoms with Crippen LogP contribution in [-0.2, 0) is 0 Å². The summed E-state index contributed by atoms with van der Waals surface area (Å²) in [6.45, 7) is -0.220. The van der Waals surface area contributed by atoms with Crippen LogP contribution < -0.4 is 11.5 Å². The maximum absolute atomic E-state index is 12.0. The molecule has 90 valence electrons. The van der Waals surface area contributed by atoms with Crippen LogP contribution in [-0.4, -0.2) is 42.7 Å². The van der Waals surface area contributed by atoms with E-state index < -0.39 is 12.7 Å². The van der Waals surface area contributed by atoms with Gasteiger partial charge in [-0.3, -0.25) is 4.90 Å². The van der Waals surface area contributed by atoms with E-state index in [4.69, 9.17) is 11.5 Å². The first-order chi connectivity index (χ1) is 6.37. The highest BCUT2D eigenvalue weighted by atomic mass is 127. The number of nitrogens with zero attached hydrogens (tertiary/aromatic N) is 2. The Morgan fingerprint density at radius 2 is 2.00 bits per heavy atom. The van der Waals surface area contributed by atoms with Gasteiger partial charge in [-0.05, 0) is 6.42 Å². The summed E-state index contributed by atoms with van der Waals surface area (Å²) < 4.78 is 35.9. The Kier molecular flexibility index (Phi) is 5.63. The molecule has 0 radical (unpaired) electrons. The number of rotatable bonds is 2. The average Bonchev–Trinajstić information content (AvgIpc) is 2.30. The quantitative estimate of drug-likeness (QED) is 0.438. The van der Waals surface area contributed by atoms with Gasteiger partial charge in [-0.25, -0.2) is 4.99 Å². The van der Waals surface area contributed by atoms with Gasteiger partial charge in [0.05, 0.1) is 12.6 Å². The van der Waals surface area contributed by atoms with Crippen molar-refractivity contribution in [3.05, 3.63) is 0 Å². The third kappa shape index (κ3) is 6.03. The van der Waals surface area contributed by atoms with Crippen LogP contribution in [0.2, 0.25) is 0 Å². The van der Waals surface area contributed by atoms with Crippen molar-refractivity contribution in [1.29, 1.82) is 0 Å². The maximum atomic E-state index is 12.0. The standard InChI is InChI=1S/C7H13F3N4.HI/c8-7(9,10)4-14-2-1-5(3-14)13-6(11)12;/h5H,1-4H2,(H4,11,12,13);1H. The van der Waals surface area contributed by atoms with Crippen LogP contribution in [0, 0.1) is 0 Å². The molecule has 4 nitrogen and oxygen atoms in total. The molecule has 0 aliphatic carbocycles. The predicted octanol–water partition coefficient (Wildman–Crippen LogP) is 0.514. The molecule has 0 amide bonds. The first-order valence-electron chi connectivity index (χ1n) is 4.24. The minimum absolute atomic E-state index is 0. The zero-order chi connectivity index (χ0) is 10.8. The molecular formula is C7H14F3IN4. The van der Waals surface area contributed by atoms with Gasteiger partial charge in [-0.15, -0.1) is 24.0 Å². The smallest absolute Gasteiger partial charge is 0.370 e. The SMILES string of the molecule is I.NC(N)=NC1CCN(CC(F)(F)F)C1. The van der Waals surface area contributed by atoms with Gasteiger partial charge in [0.15, 0.2) is 5.96 Å². The number of nitrogens with two attached hydrogens (primary N) is 2. The van der Waals surface area contributed by atoms with Crippen LogP contribution in [0.1, 0.15) is 6.42 Å². The van der Waals surface area contributed by atoms with E-state index in [1.165, 1.54) is 4.90 Å². The Hall–Kier alpha value is -0.250. The van der Waals surface area contributed by atoms with Gasteiger partial charge in [0.25, 0.3) is 0 Å². The van der Waals surface area contributed by atoms with Crippen LogP contribution in [0.3, 0.4) is 0 Å². The molecule has 4 N–H and O–H groups in total. The Morgan fingerprint density at radius 1 is 1.40 bits per heavy atom. The Labute approximate surface area is 103 Å². The van der Waals surface area contributed by atoms with E-state index in [2.05, 4.69) is 4.99 Å². The average molecular weight is 338 g/mol. The van der Waals surface area contributed by atoms with Crippen LogP contribution in [0.15, 0.2) is 4.99 Å². The fraction of sp³-hybridized carbons (Fsp3) is 0.857. The van der Waals surface area contributed by atoms with E-state index in [0.29, 0.717) is 13.0 Å².